The molecule has 0 aliphatic carbocycles. The molecule has 0 saturated heterocycles. The van der Waals surface area contributed by atoms with E-state index in [0.717, 1.165) is 0 Å². The van der Waals surface area contributed by atoms with Gasteiger partial charge in [0, 0.05) is 12.6 Å². The van der Waals surface area contributed by atoms with Crippen LogP contribution in [-0.2, 0) is 17.0 Å². The maximum atomic E-state index is 12.1. The van der Waals surface area contributed by atoms with Crippen LogP contribution in [0, 0.1) is 0 Å². The lowest BCUT2D eigenvalue weighted by atomic mass is 10.2. The van der Waals surface area contributed by atoms with E-state index in [1.54, 1.807) is 32.9 Å². The molecule has 1 atom stereocenters. The number of carbonyl (C=O) groups is 1. The fraction of sp³-hybridized carbons (Fsp3) is 0.667. The van der Waals surface area contributed by atoms with Gasteiger partial charge in [0.05, 0.1) is 12.3 Å². The van der Waals surface area contributed by atoms with Crippen LogP contribution in [0.2, 0.25) is 0 Å². The first kappa shape index (κ1) is 19.8. The Kier molecular flexibility index (Phi) is 7.84. The van der Waals surface area contributed by atoms with E-state index in [0.29, 0.717) is 36.4 Å². The van der Waals surface area contributed by atoms with Gasteiger partial charge in [0.2, 0.25) is 0 Å². The average Bonchev–Trinajstić information content (AvgIpc) is 2.86. The van der Waals surface area contributed by atoms with Crippen LogP contribution in [0.3, 0.4) is 0 Å². The molecule has 1 amide bonds. The van der Waals surface area contributed by atoms with Gasteiger partial charge in [-0.2, -0.15) is 8.78 Å². The average molecular weight is 350 g/mol. The van der Waals surface area contributed by atoms with Crippen LogP contribution in [0.25, 0.3) is 0 Å². The number of halogens is 2. The Balaban J connectivity index is 2.25. The van der Waals surface area contributed by atoms with Crippen molar-refractivity contribution < 1.29 is 22.7 Å². The first-order chi connectivity index (χ1) is 10.7. The molecule has 8 heteroatoms. The molecule has 1 rings (SSSR count). The minimum absolute atomic E-state index is 0.00603. The molecule has 5 nitrogen and oxygen atoms in total. The first-order valence-corrected chi connectivity index (χ1v) is 8.38. The third-order valence-electron chi connectivity index (χ3n) is 2.65. The molecule has 1 unspecified atom stereocenters. The second kappa shape index (κ2) is 9.12. The van der Waals surface area contributed by atoms with Crippen LogP contribution in [-0.4, -0.2) is 30.0 Å². The molecule has 0 aliphatic rings. The standard InChI is InChI=1S/C15H24F2N2O3S/c1-10(7-19-14(20)22-15(2,3)4)18-8-11-5-6-12(21-11)9-23-13(16)17/h5-6,10,13,18H,7-9H2,1-4H3,(H,19,20). The van der Waals surface area contributed by atoms with E-state index in [1.165, 1.54) is 0 Å². The van der Waals surface area contributed by atoms with Crippen molar-refractivity contribution in [2.24, 2.45) is 0 Å². The number of hydrogen-bond acceptors (Lipinski definition) is 5. The number of hydrogen-bond donors (Lipinski definition) is 2. The minimum Gasteiger partial charge on any atom is -0.464 e. The molecule has 2 N–H and O–H groups in total. The summed E-state index contributed by atoms with van der Waals surface area (Å²) in [6.45, 7) is 8.17. The zero-order chi connectivity index (χ0) is 17.5. The number of rotatable bonds is 8. The van der Waals surface area contributed by atoms with Gasteiger partial charge >= 0.3 is 6.09 Å². The van der Waals surface area contributed by atoms with Crippen LogP contribution in [0.4, 0.5) is 13.6 Å². The van der Waals surface area contributed by atoms with Crippen LogP contribution < -0.4 is 10.6 Å². The number of nitrogens with one attached hydrogen (secondary N) is 2. The Hall–Kier alpha value is -1.28. The number of carbonyl (C=O) groups excluding carboxylic acids is 1. The normalized spacial score (nSPS) is 13.2. The molecule has 132 valence electrons. The predicted octanol–water partition coefficient (Wildman–Crippen LogP) is 3.74. The molecule has 0 saturated carbocycles. The van der Waals surface area contributed by atoms with E-state index in [-0.39, 0.29) is 11.8 Å². The van der Waals surface area contributed by atoms with E-state index >= 15 is 0 Å². The lowest BCUT2D eigenvalue weighted by Gasteiger charge is -2.21. The van der Waals surface area contributed by atoms with Gasteiger partial charge in [-0.3, -0.25) is 0 Å². The van der Waals surface area contributed by atoms with E-state index in [9.17, 15) is 13.6 Å². The van der Waals surface area contributed by atoms with Gasteiger partial charge in [0.1, 0.15) is 17.1 Å². The van der Waals surface area contributed by atoms with E-state index in [1.807, 2.05) is 6.92 Å². The summed E-state index contributed by atoms with van der Waals surface area (Å²) in [5.74, 6) is -1.07. The predicted molar refractivity (Wildman–Crippen MR) is 86.5 cm³/mol. The van der Waals surface area contributed by atoms with Gasteiger partial charge < -0.3 is 19.8 Å². The Labute approximate surface area is 139 Å². The molecule has 1 heterocycles. The Morgan fingerprint density at radius 3 is 2.61 bits per heavy atom. The summed E-state index contributed by atoms with van der Waals surface area (Å²) in [7, 11) is 0. The highest BCUT2D eigenvalue weighted by molar-refractivity contribution is 7.98. The molecular weight excluding hydrogens is 326 g/mol. The zero-order valence-corrected chi connectivity index (χ0v) is 14.6. The monoisotopic (exact) mass is 350 g/mol. The topological polar surface area (TPSA) is 63.5 Å². The summed E-state index contributed by atoms with van der Waals surface area (Å²) in [5.41, 5.74) is -0.526. The summed E-state index contributed by atoms with van der Waals surface area (Å²) >= 11 is 0.529. The van der Waals surface area contributed by atoms with Crippen molar-refractivity contribution in [3.05, 3.63) is 23.7 Å². The zero-order valence-electron chi connectivity index (χ0n) is 13.8. The molecule has 0 spiro atoms. The smallest absolute Gasteiger partial charge is 0.407 e. The van der Waals surface area contributed by atoms with Crippen LogP contribution >= 0.6 is 11.8 Å². The molecule has 0 aliphatic heterocycles. The van der Waals surface area contributed by atoms with E-state index < -0.39 is 17.5 Å². The largest absolute Gasteiger partial charge is 0.464 e. The number of amides is 1. The molecule has 0 fully saturated rings. The highest BCUT2D eigenvalue weighted by Crippen LogP contribution is 2.21. The minimum atomic E-state index is -2.40. The third kappa shape index (κ3) is 9.45. The Morgan fingerprint density at radius 1 is 1.35 bits per heavy atom. The first-order valence-electron chi connectivity index (χ1n) is 7.33. The fourth-order valence-corrected chi connectivity index (χ4v) is 2.08. The summed E-state index contributed by atoms with van der Waals surface area (Å²) in [6.07, 6.45) is -0.463. The third-order valence-corrected chi connectivity index (χ3v) is 3.35. The lowest BCUT2D eigenvalue weighted by Crippen LogP contribution is -2.40. The fourth-order valence-electron chi connectivity index (χ4n) is 1.64. The van der Waals surface area contributed by atoms with Crippen molar-refractivity contribution in [3.63, 3.8) is 0 Å². The number of thioether (sulfide) groups is 1. The number of alkyl carbamates (subject to hydrolysis) is 1. The van der Waals surface area contributed by atoms with Gasteiger partial charge in [0.15, 0.2) is 0 Å². The molecule has 0 bridgehead atoms. The quantitative estimate of drug-likeness (QED) is 0.748. The molecule has 1 aromatic rings. The van der Waals surface area contributed by atoms with Crippen molar-refractivity contribution in [2.45, 2.75) is 57.4 Å². The number of ether oxygens (including phenoxy) is 1. The maximum absolute atomic E-state index is 12.1. The van der Waals surface area contributed by atoms with Gasteiger partial charge in [-0.15, -0.1) is 0 Å². The van der Waals surface area contributed by atoms with Crippen molar-refractivity contribution in [1.82, 2.24) is 10.6 Å². The summed E-state index contributed by atoms with van der Waals surface area (Å²) < 4.78 is 34.8. The summed E-state index contributed by atoms with van der Waals surface area (Å²) in [4.78, 5) is 11.5. The molecule has 1 aromatic heterocycles. The summed E-state index contributed by atoms with van der Waals surface area (Å²) in [5, 5.41) is 5.85. The van der Waals surface area contributed by atoms with Crippen molar-refractivity contribution in [2.75, 3.05) is 6.54 Å². The van der Waals surface area contributed by atoms with Crippen LogP contribution in [0.15, 0.2) is 16.5 Å². The van der Waals surface area contributed by atoms with E-state index in [2.05, 4.69) is 10.6 Å². The number of furan rings is 1. The SMILES string of the molecule is CC(CNC(=O)OC(C)(C)C)NCc1ccc(CSC(F)F)o1. The van der Waals surface area contributed by atoms with Gasteiger partial charge in [0.25, 0.3) is 5.76 Å². The lowest BCUT2D eigenvalue weighted by molar-refractivity contribution is 0.0523. The number of alkyl halides is 2. The van der Waals surface area contributed by atoms with Crippen molar-refractivity contribution in [3.8, 4) is 0 Å². The molecule has 0 aromatic carbocycles. The van der Waals surface area contributed by atoms with Crippen molar-refractivity contribution >= 4 is 17.9 Å². The van der Waals surface area contributed by atoms with Gasteiger partial charge in [-0.1, -0.05) is 11.8 Å². The highest BCUT2D eigenvalue weighted by atomic mass is 32.2. The maximum Gasteiger partial charge on any atom is 0.407 e. The van der Waals surface area contributed by atoms with E-state index in [4.69, 9.17) is 9.15 Å². The molecule has 23 heavy (non-hydrogen) atoms. The molecular formula is C15H24F2N2O3S. The van der Waals surface area contributed by atoms with Gasteiger partial charge in [-0.05, 0) is 39.8 Å². The van der Waals surface area contributed by atoms with Crippen LogP contribution in [0.5, 0.6) is 0 Å². The van der Waals surface area contributed by atoms with Crippen molar-refractivity contribution in [1.29, 1.82) is 0 Å². The highest BCUT2D eigenvalue weighted by Gasteiger charge is 2.16. The Bertz CT molecular complexity index is 489. The second-order valence-corrected chi connectivity index (χ2v) is 7.08. The molecule has 0 radical (unpaired) electrons. The second-order valence-electron chi connectivity index (χ2n) is 6.10. The van der Waals surface area contributed by atoms with Crippen LogP contribution in [0.1, 0.15) is 39.2 Å². The summed E-state index contributed by atoms with van der Waals surface area (Å²) in [6, 6.07) is 3.45. The van der Waals surface area contributed by atoms with Gasteiger partial charge in [-0.25, -0.2) is 4.79 Å². The Morgan fingerprint density at radius 2 is 2.00 bits per heavy atom.